The third-order valence-corrected chi connectivity index (χ3v) is 4.08. The number of halogens is 1. The van der Waals surface area contributed by atoms with Gasteiger partial charge in [-0.25, -0.2) is 4.98 Å². The number of hydrogen-bond donors (Lipinski definition) is 3. The highest BCUT2D eigenvalue weighted by Crippen LogP contribution is 2.27. The van der Waals surface area contributed by atoms with E-state index in [4.69, 9.17) is 23.1 Å². The van der Waals surface area contributed by atoms with Crippen LogP contribution in [-0.4, -0.2) is 23.0 Å². The van der Waals surface area contributed by atoms with Crippen molar-refractivity contribution in [2.24, 2.45) is 22.4 Å². The molecule has 0 aliphatic heterocycles. The van der Waals surface area contributed by atoms with Gasteiger partial charge in [-0.15, -0.1) is 0 Å². The molecule has 2 aromatic rings. The normalized spacial score (nSPS) is 13.4. The second kappa shape index (κ2) is 8.55. The number of nitrogens with one attached hydrogen (secondary N) is 1. The van der Waals surface area contributed by atoms with Crippen molar-refractivity contribution in [2.45, 2.75) is 19.9 Å². The summed E-state index contributed by atoms with van der Waals surface area (Å²) in [5.41, 5.74) is 13.6. The van der Waals surface area contributed by atoms with Gasteiger partial charge in [0.05, 0.1) is 11.6 Å². The molecule has 1 aromatic carbocycles. The average Bonchev–Trinajstić information content (AvgIpc) is 2.57. The van der Waals surface area contributed by atoms with E-state index in [-0.39, 0.29) is 5.91 Å². The first kappa shape index (κ1) is 19.6. The van der Waals surface area contributed by atoms with Crippen molar-refractivity contribution in [1.29, 1.82) is 0 Å². The van der Waals surface area contributed by atoms with Gasteiger partial charge in [0.1, 0.15) is 5.82 Å². The Bertz CT molecular complexity index is 853. The van der Waals surface area contributed by atoms with Gasteiger partial charge in [-0.2, -0.15) is 0 Å². The number of hydrogen-bond acceptors (Lipinski definition) is 5. The molecule has 0 fully saturated rings. The Balaban J connectivity index is 2.31. The lowest BCUT2D eigenvalue weighted by Gasteiger charge is -2.19. The molecule has 7 nitrogen and oxygen atoms in total. The molecule has 2 amide bonds. The number of pyridine rings is 1. The molecule has 5 N–H and O–H groups in total. The Morgan fingerprint density at radius 3 is 2.65 bits per heavy atom. The number of nitrogens with two attached hydrogens (primary N) is 2. The number of anilines is 1. The summed E-state index contributed by atoms with van der Waals surface area (Å²) >= 11 is 6.15. The SMILES string of the molecule is CC(=O)Nc1cc(N=CC(C(N)=O)C(N)c2ccccc2Cl)c(C)cn1. The van der Waals surface area contributed by atoms with Gasteiger partial charge in [0.2, 0.25) is 11.8 Å². The van der Waals surface area contributed by atoms with E-state index in [0.717, 1.165) is 5.56 Å². The summed E-state index contributed by atoms with van der Waals surface area (Å²) in [7, 11) is 0. The lowest BCUT2D eigenvalue weighted by Crippen LogP contribution is -2.34. The van der Waals surface area contributed by atoms with Gasteiger partial charge in [-0.05, 0) is 24.1 Å². The van der Waals surface area contributed by atoms with Gasteiger partial charge < -0.3 is 16.8 Å². The van der Waals surface area contributed by atoms with Crippen molar-refractivity contribution in [1.82, 2.24) is 4.98 Å². The van der Waals surface area contributed by atoms with Crippen molar-refractivity contribution in [3.05, 3.63) is 52.7 Å². The fraction of sp³-hybridized carbons (Fsp3) is 0.222. The number of amides is 2. The fourth-order valence-electron chi connectivity index (χ4n) is 2.34. The third kappa shape index (κ3) is 4.87. The minimum Gasteiger partial charge on any atom is -0.369 e. The lowest BCUT2D eigenvalue weighted by atomic mass is 9.94. The zero-order valence-electron chi connectivity index (χ0n) is 14.4. The van der Waals surface area contributed by atoms with Crippen LogP contribution in [0.2, 0.25) is 5.02 Å². The predicted octanol–water partition coefficient (Wildman–Crippen LogP) is 2.51. The first-order valence-corrected chi connectivity index (χ1v) is 8.25. The average molecular weight is 374 g/mol. The topological polar surface area (TPSA) is 123 Å². The molecule has 0 radical (unpaired) electrons. The van der Waals surface area contributed by atoms with Crippen LogP contribution in [0.3, 0.4) is 0 Å². The molecule has 2 rings (SSSR count). The maximum Gasteiger partial charge on any atom is 0.227 e. The first-order chi connectivity index (χ1) is 12.3. The molecule has 0 saturated carbocycles. The van der Waals surface area contributed by atoms with E-state index in [9.17, 15) is 9.59 Å². The molecule has 26 heavy (non-hydrogen) atoms. The number of aryl methyl sites for hydroxylation is 1. The summed E-state index contributed by atoms with van der Waals surface area (Å²) in [5.74, 6) is -1.35. The van der Waals surface area contributed by atoms with E-state index in [1.54, 1.807) is 36.5 Å². The minimum atomic E-state index is -0.855. The van der Waals surface area contributed by atoms with Crippen molar-refractivity contribution in [3.63, 3.8) is 0 Å². The Morgan fingerprint density at radius 1 is 1.35 bits per heavy atom. The van der Waals surface area contributed by atoms with Crippen LogP contribution in [0, 0.1) is 12.8 Å². The Morgan fingerprint density at radius 2 is 2.04 bits per heavy atom. The van der Waals surface area contributed by atoms with Crippen LogP contribution < -0.4 is 16.8 Å². The maximum atomic E-state index is 11.9. The van der Waals surface area contributed by atoms with Crippen molar-refractivity contribution < 1.29 is 9.59 Å². The van der Waals surface area contributed by atoms with Crippen LogP contribution >= 0.6 is 11.6 Å². The summed E-state index contributed by atoms with van der Waals surface area (Å²) in [4.78, 5) is 31.5. The second-order valence-corrected chi connectivity index (χ2v) is 6.20. The van der Waals surface area contributed by atoms with E-state index in [2.05, 4.69) is 15.3 Å². The zero-order chi connectivity index (χ0) is 19.3. The largest absolute Gasteiger partial charge is 0.369 e. The maximum absolute atomic E-state index is 11.9. The number of carbonyl (C=O) groups is 2. The molecular weight excluding hydrogens is 354 g/mol. The Kier molecular flexibility index (Phi) is 6.43. The predicted molar refractivity (Wildman–Crippen MR) is 102 cm³/mol. The summed E-state index contributed by atoms with van der Waals surface area (Å²) in [5, 5.41) is 3.03. The molecule has 1 aromatic heterocycles. The van der Waals surface area contributed by atoms with Gasteiger partial charge in [0, 0.05) is 36.5 Å². The van der Waals surface area contributed by atoms with Gasteiger partial charge in [-0.3, -0.25) is 14.6 Å². The van der Waals surface area contributed by atoms with E-state index >= 15 is 0 Å². The number of nitrogens with zero attached hydrogens (tertiary/aromatic N) is 2. The van der Waals surface area contributed by atoms with E-state index in [1.807, 2.05) is 6.92 Å². The van der Waals surface area contributed by atoms with Crippen LogP contribution in [0.15, 0.2) is 41.5 Å². The molecule has 1 heterocycles. The second-order valence-electron chi connectivity index (χ2n) is 5.79. The molecule has 2 atom stereocenters. The number of benzene rings is 1. The highest BCUT2D eigenvalue weighted by Gasteiger charge is 2.24. The number of carbonyl (C=O) groups excluding carboxylic acids is 2. The van der Waals surface area contributed by atoms with Crippen LogP contribution in [-0.2, 0) is 9.59 Å². The molecule has 136 valence electrons. The number of aliphatic imine (C=N–C) groups is 1. The minimum absolute atomic E-state index is 0.243. The summed E-state index contributed by atoms with van der Waals surface area (Å²) in [6, 6.07) is 7.86. The van der Waals surface area contributed by atoms with Crippen LogP contribution in [0.25, 0.3) is 0 Å². The quantitative estimate of drug-likeness (QED) is 0.673. The molecule has 0 bridgehead atoms. The molecule has 8 heteroatoms. The summed E-state index contributed by atoms with van der Waals surface area (Å²) < 4.78 is 0. The van der Waals surface area contributed by atoms with E-state index in [0.29, 0.717) is 22.1 Å². The summed E-state index contributed by atoms with van der Waals surface area (Å²) in [6.45, 7) is 3.20. The Hall–Kier alpha value is -2.77. The highest BCUT2D eigenvalue weighted by molar-refractivity contribution is 6.31. The van der Waals surface area contributed by atoms with Gasteiger partial charge in [0.25, 0.3) is 0 Å². The fourth-order valence-corrected chi connectivity index (χ4v) is 2.61. The standard InChI is InChI=1S/C18H20ClN5O2/c1-10-8-23-16(24-11(2)25)7-15(10)22-9-13(18(21)26)17(20)12-5-3-4-6-14(12)19/h3-9,13,17H,20H2,1-2H3,(H2,21,26)(H,23,24,25). The third-order valence-electron chi connectivity index (χ3n) is 3.73. The van der Waals surface area contributed by atoms with Crippen molar-refractivity contribution in [2.75, 3.05) is 5.32 Å². The van der Waals surface area contributed by atoms with Crippen LogP contribution in [0.4, 0.5) is 11.5 Å². The molecule has 2 unspecified atom stereocenters. The first-order valence-electron chi connectivity index (χ1n) is 7.87. The molecule has 0 aliphatic rings. The van der Waals surface area contributed by atoms with Crippen LogP contribution in [0.5, 0.6) is 0 Å². The molecule has 0 spiro atoms. The molecular formula is C18H20ClN5O2. The smallest absolute Gasteiger partial charge is 0.227 e. The zero-order valence-corrected chi connectivity index (χ0v) is 15.2. The van der Waals surface area contributed by atoms with Crippen molar-refractivity contribution >= 4 is 41.1 Å². The van der Waals surface area contributed by atoms with Gasteiger partial charge in [0.15, 0.2) is 0 Å². The van der Waals surface area contributed by atoms with E-state index < -0.39 is 17.9 Å². The van der Waals surface area contributed by atoms with Crippen LogP contribution in [0.1, 0.15) is 24.1 Å². The van der Waals surface area contributed by atoms with E-state index in [1.165, 1.54) is 13.1 Å². The Labute approximate surface area is 156 Å². The highest BCUT2D eigenvalue weighted by atomic mass is 35.5. The molecule has 0 saturated heterocycles. The monoisotopic (exact) mass is 373 g/mol. The lowest BCUT2D eigenvalue weighted by molar-refractivity contribution is -0.120. The molecule has 0 aliphatic carbocycles. The number of aromatic nitrogens is 1. The van der Waals surface area contributed by atoms with Gasteiger partial charge in [-0.1, -0.05) is 29.8 Å². The number of primary amides is 1. The number of rotatable bonds is 6. The van der Waals surface area contributed by atoms with Crippen molar-refractivity contribution in [3.8, 4) is 0 Å². The summed E-state index contributed by atoms with van der Waals surface area (Å²) in [6.07, 6.45) is 2.97. The van der Waals surface area contributed by atoms with Gasteiger partial charge >= 0.3 is 0 Å².